The van der Waals surface area contributed by atoms with Crippen LogP contribution in [0.2, 0.25) is 0 Å². The van der Waals surface area contributed by atoms with Crippen molar-refractivity contribution in [2.45, 2.75) is 36.6 Å². The van der Waals surface area contributed by atoms with Crippen LogP contribution in [0.25, 0.3) is 5.57 Å². The summed E-state index contributed by atoms with van der Waals surface area (Å²) in [6, 6.07) is 31.4. The fraction of sp³-hybridized carbons (Fsp3) is 0.262. The molecule has 3 N–H and O–H groups in total. The lowest BCUT2D eigenvalue weighted by atomic mass is 9.84. The molecule has 2 atom stereocenters. The molecule has 0 bridgehead atoms. The molecule has 0 saturated carbocycles. The van der Waals surface area contributed by atoms with Crippen LogP contribution in [0.3, 0.4) is 0 Å². The number of benzene rings is 4. The highest BCUT2D eigenvalue weighted by Gasteiger charge is 2.37. The van der Waals surface area contributed by atoms with E-state index in [1.165, 1.54) is 27.4 Å². The molecular weight excluding hydrogens is 655 g/mol. The van der Waals surface area contributed by atoms with Gasteiger partial charge in [0.25, 0.3) is 0 Å². The molecule has 4 aliphatic heterocycles. The van der Waals surface area contributed by atoms with E-state index < -0.39 is 10.0 Å². The van der Waals surface area contributed by atoms with Crippen LogP contribution < -0.4 is 20.4 Å². The molecule has 1 amide bonds. The average Bonchev–Trinajstić information content (AvgIpc) is 3.81. The highest BCUT2D eigenvalue weighted by molar-refractivity contribution is 7.89. The highest BCUT2D eigenvalue weighted by atomic mass is 32.2. The predicted octanol–water partition coefficient (Wildman–Crippen LogP) is 5.35. The molecule has 0 aromatic heterocycles. The van der Waals surface area contributed by atoms with Gasteiger partial charge < -0.3 is 15.5 Å². The normalized spacial score (nSPS) is 21.4. The van der Waals surface area contributed by atoms with Gasteiger partial charge in [-0.2, -0.15) is 4.31 Å². The first-order valence-corrected chi connectivity index (χ1v) is 19.5. The van der Waals surface area contributed by atoms with Gasteiger partial charge in [0.05, 0.1) is 11.4 Å². The monoisotopic (exact) mass is 696 g/mol. The number of carbonyl (C=O) groups excluding carboxylic acids is 1. The fourth-order valence-corrected chi connectivity index (χ4v) is 10.4. The van der Waals surface area contributed by atoms with E-state index >= 15 is 0 Å². The van der Waals surface area contributed by atoms with Crippen LogP contribution in [-0.2, 0) is 27.7 Å². The maximum Gasteiger partial charge on any atom is 0.243 e. The Bertz CT molecular complexity index is 2270. The number of hydrogen-bond acceptors (Lipinski definition) is 5. The second kappa shape index (κ2) is 12.7. The van der Waals surface area contributed by atoms with Crippen molar-refractivity contribution in [3.8, 4) is 0 Å². The van der Waals surface area contributed by atoms with Crippen molar-refractivity contribution in [3.05, 3.63) is 143 Å². The number of piperidine rings is 1. The molecule has 51 heavy (non-hydrogen) atoms. The van der Waals surface area contributed by atoms with Gasteiger partial charge in [0.1, 0.15) is 11.7 Å². The Hall–Kier alpha value is -4.96. The number of quaternary nitrogens is 1. The molecule has 4 aromatic rings. The number of nitrogens with zero attached hydrogens (tertiary/aromatic N) is 2. The minimum Gasteiger partial charge on any atom is -0.359 e. The highest BCUT2D eigenvalue weighted by Crippen LogP contribution is 2.46. The Morgan fingerprint density at radius 1 is 0.863 bits per heavy atom. The maximum atomic E-state index is 14.5. The molecule has 9 rings (SSSR count). The van der Waals surface area contributed by atoms with Crippen molar-refractivity contribution < 1.29 is 18.1 Å². The summed E-state index contributed by atoms with van der Waals surface area (Å²) in [5.41, 5.74) is 12.0. The maximum absolute atomic E-state index is 14.5. The van der Waals surface area contributed by atoms with E-state index in [1.54, 1.807) is 17.4 Å². The van der Waals surface area contributed by atoms with E-state index in [4.69, 9.17) is 0 Å². The number of para-hydroxylation sites is 2. The van der Waals surface area contributed by atoms with Gasteiger partial charge in [-0.25, -0.2) is 8.42 Å². The molecular formula is C42H42N5O3S+. The topological polar surface area (TPSA) is 86.2 Å². The molecule has 0 radical (unpaired) electrons. The molecule has 1 saturated heterocycles. The number of hydrogen-bond donors (Lipinski definition) is 3. The fourth-order valence-electron chi connectivity index (χ4n) is 8.77. The molecule has 9 heteroatoms. The lowest BCUT2D eigenvalue weighted by Gasteiger charge is -2.33. The number of carbonyl (C=O) groups is 1. The molecule has 0 spiro atoms. The third-order valence-electron chi connectivity index (χ3n) is 11.4. The molecule has 4 aromatic carbocycles. The lowest BCUT2D eigenvalue weighted by molar-refractivity contribution is -0.839. The summed E-state index contributed by atoms with van der Waals surface area (Å²) in [5.74, 6) is -0.198. The van der Waals surface area contributed by atoms with E-state index in [0.29, 0.717) is 36.4 Å². The SMILES string of the molecule is CNC(=O)C1CCN(S(=O)(=O)c2ccccc2C2=C3C=CC([NH+]4CCc5ccccc54)C=C3Nc3cc(N4CCc5ccccc54)ccc32)CC1. The number of nitrogens with one attached hydrogen (secondary N) is 3. The number of anilines is 3. The number of allylic oxidation sites excluding steroid dienone is 1. The number of rotatable bonds is 6. The van der Waals surface area contributed by atoms with Gasteiger partial charge in [-0.05, 0) is 61.2 Å². The van der Waals surface area contributed by atoms with Crippen LogP contribution in [-0.4, -0.2) is 57.9 Å². The third kappa shape index (κ3) is 5.42. The summed E-state index contributed by atoms with van der Waals surface area (Å²) < 4.78 is 30.6. The van der Waals surface area contributed by atoms with Gasteiger partial charge >= 0.3 is 0 Å². The van der Waals surface area contributed by atoms with E-state index in [2.05, 4.69) is 100 Å². The quantitative estimate of drug-likeness (QED) is 0.253. The van der Waals surface area contributed by atoms with Crippen molar-refractivity contribution in [2.24, 2.45) is 5.92 Å². The van der Waals surface area contributed by atoms with Gasteiger partial charge in [-0.15, -0.1) is 0 Å². The second-order valence-corrected chi connectivity index (χ2v) is 16.0. The molecule has 8 nitrogen and oxygen atoms in total. The number of amides is 1. The first-order valence-electron chi connectivity index (χ1n) is 18.1. The van der Waals surface area contributed by atoms with Crippen LogP contribution in [0.4, 0.5) is 22.7 Å². The molecule has 2 unspecified atom stereocenters. The summed E-state index contributed by atoms with van der Waals surface area (Å²) in [4.78, 5) is 16.4. The van der Waals surface area contributed by atoms with E-state index in [9.17, 15) is 13.2 Å². The predicted molar refractivity (Wildman–Crippen MR) is 202 cm³/mol. The van der Waals surface area contributed by atoms with E-state index in [1.807, 2.05) is 18.2 Å². The van der Waals surface area contributed by atoms with Crippen LogP contribution in [0, 0.1) is 5.92 Å². The standard InChI is InChI=1S/C42H41N5O3S/c1-43-42(48)30-18-22-45(23-19-30)51(49,50)40-13-7-4-10-35(40)41-33-16-14-31(46-24-20-28-8-2-5-11-38(28)46)26-36(33)44-37-27-32(15-17-34(37)41)47-25-21-29-9-3-6-12-39(29)47/h2-17,26-27,30-31,44H,18-25H2,1H3,(H,43,48)/p+1. The summed E-state index contributed by atoms with van der Waals surface area (Å²) in [7, 11) is -2.22. The van der Waals surface area contributed by atoms with Crippen LogP contribution in [0.5, 0.6) is 0 Å². The first kappa shape index (κ1) is 32.0. The Labute approximate surface area is 299 Å². The Kier molecular flexibility index (Phi) is 7.94. The van der Waals surface area contributed by atoms with Gasteiger partial charge in [-0.3, -0.25) is 9.69 Å². The van der Waals surface area contributed by atoms with Crippen molar-refractivity contribution >= 4 is 44.3 Å². The Morgan fingerprint density at radius 3 is 2.47 bits per heavy atom. The zero-order chi connectivity index (χ0) is 34.7. The third-order valence-corrected chi connectivity index (χ3v) is 13.3. The minimum absolute atomic E-state index is 0.0246. The smallest absolute Gasteiger partial charge is 0.243 e. The number of fused-ring (bicyclic) bond motifs is 4. The molecule has 1 fully saturated rings. The van der Waals surface area contributed by atoms with Gasteiger partial charge in [-0.1, -0.05) is 66.7 Å². The van der Waals surface area contributed by atoms with Gasteiger partial charge in [0, 0.05) is 95.7 Å². The van der Waals surface area contributed by atoms with Crippen molar-refractivity contribution in [1.29, 1.82) is 0 Å². The first-order chi connectivity index (χ1) is 24.9. The van der Waals surface area contributed by atoms with Crippen LogP contribution in [0.1, 0.15) is 35.1 Å². The number of sulfonamides is 1. The molecule has 4 heterocycles. The summed E-state index contributed by atoms with van der Waals surface area (Å²) in [5, 5.41) is 6.55. The largest absolute Gasteiger partial charge is 0.359 e. The second-order valence-electron chi connectivity index (χ2n) is 14.1. The zero-order valence-corrected chi connectivity index (χ0v) is 29.5. The van der Waals surface area contributed by atoms with Crippen LogP contribution in [0.15, 0.2) is 125 Å². The van der Waals surface area contributed by atoms with Crippen molar-refractivity contribution in [2.75, 3.05) is 43.4 Å². The summed E-state index contributed by atoms with van der Waals surface area (Å²) in [6.45, 7) is 2.56. The average molecular weight is 697 g/mol. The Morgan fingerprint density at radius 2 is 1.63 bits per heavy atom. The summed E-state index contributed by atoms with van der Waals surface area (Å²) in [6.07, 6.45) is 9.86. The lowest BCUT2D eigenvalue weighted by Crippen LogP contribution is -3.09. The van der Waals surface area contributed by atoms with Gasteiger partial charge in [0.15, 0.2) is 0 Å². The van der Waals surface area contributed by atoms with Crippen molar-refractivity contribution in [3.63, 3.8) is 0 Å². The molecule has 1 aliphatic carbocycles. The minimum atomic E-state index is -3.86. The molecule has 5 aliphatic rings. The summed E-state index contributed by atoms with van der Waals surface area (Å²) >= 11 is 0. The van der Waals surface area contributed by atoms with Crippen LogP contribution >= 0.6 is 0 Å². The van der Waals surface area contributed by atoms with E-state index in [-0.39, 0.29) is 17.9 Å². The van der Waals surface area contributed by atoms with Crippen molar-refractivity contribution in [1.82, 2.24) is 9.62 Å². The van der Waals surface area contributed by atoms with E-state index in [0.717, 1.165) is 59.7 Å². The zero-order valence-electron chi connectivity index (χ0n) is 28.7. The Balaban J connectivity index is 1.15. The molecule has 258 valence electrons. The van der Waals surface area contributed by atoms with Gasteiger partial charge in [0.2, 0.25) is 15.9 Å².